The fraction of sp³-hybridized carbons (Fsp3) is 1.00. The first-order valence-electron chi connectivity index (χ1n) is 2.08. The summed E-state index contributed by atoms with van der Waals surface area (Å²) >= 11 is 0. The van der Waals surface area contributed by atoms with E-state index in [1.165, 1.54) is 0 Å². The average Bonchev–Trinajstić information content (AvgIpc) is 1.59. The van der Waals surface area contributed by atoms with Gasteiger partial charge in [-0.2, -0.15) is 16.8 Å². The molecule has 0 atom stereocenters. The minimum absolute atomic E-state index is 0. The molecule has 0 saturated heterocycles. The molecule has 6 nitrogen and oxygen atoms in total. The maximum Gasteiger partial charge on any atom is 2.00 e. The minimum atomic E-state index is -4.70. The van der Waals surface area contributed by atoms with Crippen LogP contribution in [0.5, 0.6) is 0 Å². The van der Waals surface area contributed by atoms with Gasteiger partial charge in [0.15, 0.2) is 0 Å². The van der Waals surface area contributed by atoms with Gasteiger partial charge in [-0.3, -0.25) is 9.11 Å². The van der Waals surface area contributed by atoms with Crippen LogP contribution in [0.15, 0.2) is 0 Å². The molecule has 0 aromatic carbocycles. The Kier molecular flexibility index (Phi) is 14.6. The Morgan fingerprint density at radius 2 is 1.15 bits per heavy atom. The van der Waals surface area contributed by atoms with E-state index in [2.05, 4.69) is 0 Å². The van der Waals surface area contributed by atoms with Crippen LogP contribution in [-0.4, -0.2) is 76.6 Å². The summed E-state index contributed by atoms with van der Waals surface area (Å²) in [5.74, 6) is 0. The van der Waals surface area contributed by atoms with Crippen LogP contribution in [0, 0.1) is 0 Å². The molecule has 0 aliphatic carbocycles. The SMILES string of the molecule is CC(S(=O)(=O)O)S(=O)(=O)O.Cl.[H-].[H-].[H-].[H-].[Mg+2].[Mg+2]. The maximum atomic E-state index is 9.99. The normalized spacial score (nSPS) is 10.8. The van der Waals surface area contributed by atoms with E-state index in [1.54, 1.807) is 0 Å². The zero-order valence-electron chi connectivity index (χ0n) is 10.7. The molecule has 78 valence electrons. The number of halogens is 1. The molecule has 0 heterocycles. The third-order valence-corrected chi connectivity index (χ3v) is 3.98. The van der Waals surface area contributed by atoms with Crippen LogP contribution < -0.4 is 0 Å². The van der Waals surface area contributed by atoms with Gasteiger partial charge in [0.2, 0.25) is 4.58 Å². The van der Waals surface area contributed by atoms with Gasteiger partial charge in [0, 0.05) is 0 Å². The van der Waals surface area contributed by atoms with Crippen molar-refractivity contribution in [2.45, 2.75) is 11.5 Å². The van der Waals surface area contributed by atoms with Gasteiger partial charge in [-0.25, -0.2) is 0 Å². The second-order valence-corrected chi connectivity index (χ2v) is 5.37. The van der Waals surface area contributed by atoms with Crippen molar-refractivity contribution in [1.82, 2.24) is 0 Å². The van der Waals surface area contributed by atoms with Crippen LogP contribution in [0.2, 0.25) is 0 Å². The molecule has 0 bridgehead atoms. The van der Waals surface area contributed by atoms with E-state index in [-0.39, 0.29) is 64.2 Å². The molecular formula is C2H11ClMg2O6S2. The molecule has 0 spiro atoms. The molecule has 2 N–H and O–H groups in total. The second-order valence-electron chi connectivity index (χ2n) is 1.60. The fourth-order valence-corrected chi connectivity index (χ4v) is 1.38. The first-order chi connectivity index (χ1) is 4.15. The van der Waals surface area contributed by atoms with Crippen molar-refractivity contribution in [3.05, 3.63) is 0 Å². The van der Waals surface area contributed by atoms with Crippen molar-refractivity contribution in [1.29, 1.82) is 0 Å². The zero-order valence-corrected chi connectivity index (χ0v) is 12.0. The van der Waals surface area contributed by atoms with Crippen molar-refractivity contribution in [2.75, 3.05) is 0 Å². The Labute approximate surface area is 121 Å². The smallest absolute Gasteiger partial charge is 1.00 e. The molecule has 0 unspecified atom stereocenters. The van der Waals surface area contributed by atoms with E-state index < -0.39 is 24.8 Å². The molecular weight excluding hydrogens is 268 g/mol. The Balaban J connectivity index is -0.0000000193. The van der Waals surface area contributed by atoms with Gasteiger partial charge in [-0.05, 0) is 6.92 Å². The van der Waals surface area contributed by atoms with Crippen LogP contribution in [0.25, 0.3) is 0 Å². The quantitative estimate of drug-likeness (QED) is 0.507. The molecule has 0 radical (unpaired) electrons. The van der Waals surface area contributed by atoms with Crippen molar-refractivity contribution in [3.63, 3.8) is 0 Å². The van der Waals surface area contributed by atoms with Gasteiger partial charge in [0.05, 0.1) is 0 Å². The van der Waals surface area contributed by atoms with E-state index in [0.717, 1.165) is 0 Å². The Hall–Kier alpha value is 1.64. The summed E-state index contributed by atoms with van der Waals surface area (Å²) in [6, 6.07) is 0. The Bertz CT molecular complexity index is 289. The van der Waals surface area contributed by atoms with E-state index in [0.29, 0.717) is 6.92 Å². The van der Waals surface area contributed by atoms with Crippen LogP contribution in [-0.2, 0) is 20.2 Å². The topological polar surface area (TPSA) is 109 Å². The molecule has 0 aromatic heterocycles. The molecule has 0 aliphatic heterocycles. The molecule has 0 fully saturated rings. The molecule has 0 aliphatic rings. The van der Waals surface area contributed by atoms with Crippen LogP contribution in [0.4, 0.5) is 0 Å². The van der Waals surface area contributed by atoms with E-state index >= 15 is 0 Å². The van der Waals surface area contributed by atoms with Crippen LogP contribution in [0.3, 0.4) is 0 Å². The van der Waals surface area contributed by atoms with Crippen LogP contribution in [0.1, 0.15) is 12.6 Å². The predicted molar refractivity (Wildman–Crippen MR) is 55.8 cm³/mol. The average molecular weight is 279 g/mol. The van der Waals surface area contributed by atoms with Crippen molar-refractivity contribution in [2.24, 2.45) is 0 Å². The Morgan fingerprint density at radius 1 is 1.00 bits per heavy atom. The minimum Gasteiger partial charge on any atom is -1.00 e. The monoisotopic (exact) mass is 278 g/mol. The van der Waals surface area contributed by atoms with Crippen LogP contribution >= 0.6 is 12.4 Å². The third kappa shape index (κ3) is 9.94. The summed E-state index contributed by atoms with van der Waals surface area (Å²) in [5.41, 5.74) is 0. The van der Waals surface area contributed by atoms with E-state index in [9.17, 15) is 16.8 Å². The molecule has 0 rings (SSSR count). The Morgan fingerprint density at radius 3 is 1.15 bits per heavy atom. The number of hydrogen-bond acceptors (Lipinski definition) is 4. The maximum absolute atomic E-state index is 9.99. The summed E-state index contributed by atoms with van der Waals surface area (Å²) in [5, 5.41) is 0. The molecule has 11 heteroatoms. The predicted octanol–water partition coefficient (Wildman–Crippen LogP) is -0.782. The molecule has 0 saturated carbocycles. The molecule has 13 heavy (non-hydrogen) atoms. The first kappa shape index (κ1) is 24.1. The van der Waals surface area contributed by atoms with Gasteiger partial charge in [-0.1, -0.05) is 0 Å². The number of hydrogen-bond donors (Lipinski definition) is 2. The zero-order chi connectivity index (χ0) is 8.58. The fourth-order valence-electron chi connectivity index (χ4n) is 0.154. The summed E-state index contributed by atoms with van der Waals surface area (Å²) in [4.78, 5) is 0. The van der Waals surface area contributed by atoms with Crippen molar-refractivity contribution in [3.8, 4) is 0 Å². The molecule has 0 aromatic rings. The van der Waals surface area contributed by atoms with Gasteiger partial charge >= 0.3 is 46.1 Å². The van der Waals surface area contributed by atoms with Gasteiger partial charge < -0.3 is 5.71 Å². The van der Waals surface area contributed by atoms with Crippen molar-refractivity contribution < 1.29 is 31.6 Å². The first-order valence-corrected chi connectivity index (χ1v) is 5.09. The number of rotatable bonds is 2. The van der Waals surface area contributed by atoms with Gasteiger partial charge in [-0.15, -0.1) is 12.4 Å². The third-order valence-electron chi connectivity index (χ3n) is 0.839. The van der Waals surface area contributed by atoms with Gasteiger partial charge in [0.1, 0.15) is 0 Å². The summed E-state index contributed by atoms with van der Waals surface area (Å²) in [6.45, 7) is 0.657. The van der Waals surface area contributed by atoms with E-state index in [4.69, 9.17) is 9.11 Å². The van der Waals surface area contributed by atoms with E-state index in [1.807, 2.05) is 0 Å². The summed E-state index contributed by atoms with van der Waals surface area (Å²) in [7, 11) is -9.40. The molecule has 0 amide bonds. The van der Waals surface area contributed by atoms with Crippen molar-refractivity contribution >= 4 is 78.7 Å². The standard InChI is InChI=1S/C2H6O6S2.ClH.2Mg.4H/c1-2(9(3,4)5)10(6,7)8;;;;;;;/h2H,1H3,(H,3,4,5)(H,6,7,8);1H;;;;;;/q;;2*+2;4*-1. The largest absolute Gasteiger partial charge is 2.00 e. The van der Waals surface area contributed by atoms with Gasteiger partial charge in [0.25, 0.3) is 20.2 Å². The second kappa shape index (κ2) is 7.87. The summed E-state index contributed by atoms with van der Waals surface area (Å²) < 4.78 is 53.9. The summed E-state index contributed by atoms with van der Waals surface area (Å²) in [6.07, 6.45) is 0.